The minimum Gasteiger partial charge on any atom is -0.482 e. The smallest absolute Gasteiger partial charge is 0.391 e. The highest BCUT2D eigenvalue weighted by Gasteiger charge is 2.62. The summed E-state index contributed by atoms with van der Waals surface area (Å²) in [6.45, 7) is -0.530. The number of hydrogen-bond acceptors (Lipinski definition) is 4. The Morgan fingerprint density at radius 3 is 2.31 bits per heavy atom. The molecule has 0 saturated heterocycles. The molecule has 9 heteroatoms. The van der Waals surface area contributed by atoms with Gasteiger partial charge in [-0.2, -0.15) is 8.78 Å². The van der Waals surface area contributed by atoms with Crippen molar-refractivity contribution >= 4 is 34.4 Å². The van der Waals surface area contributed by atoms with E-state index < -0.39 is 23.6 Å². The van der Waals surface area contributed by atoms with Crippen LogP contribution in [0, 0.1) is 0 Å². The van der Waals surface area contributed by atoms with Crippen molar-refractivity contribution in [3.05, 3.63) is 64.7 Å². The molecule has 2 aromatic rings. The Morgan fingerprint density at radius 2 is 1.73 bits per heavy atom. The van der Waals surface area contributed by atoms with Gasteiger partial charge < -0.3 is 9.84 Å². The number of alkyl halides is 3. The van der Waals surface area contributed by atoms with E-state index in [1.54, 1.807) is 0 Å². The number of carbonyl (C=O) groups is 1. The molecule has 0 amide bonds. The number of aliphatic imine (C=N–C) groups is 1. The average molecular weight is 402 g/mol. The first-order valence-corrected chi connectivity index (χ1v) is 8.47. The quantitative estimate of drug-likeness (QED) is 0.737. The van der Waals surface area contributed by atoms with E-state index in [2.05, 4.69) is 4.99 Å². The summed E-state index contributed by atoms with van der Waals surface area (Å²) < 4.78 is 48.7. The third kappa shape index (κ3) is 3.52. The average Bonchev–Trinajstić information content (AvgIpc) is 2.84. The lowest BCUT2D eigenvalue weighted by Crippen LogP contribution is -2.33. The number of carboxylic acid groups (broad SMARTS) is 1. The van der Waals surface area contributed by atoms with Gasteiger partial charge in [-0.05, 0) is 36.4 Å². The van der Waals surface area contributed by atoms with Gasteiger partial charge in [0.1, 0.15) is 10.8 Å². The maximum Gasteiger partial charge on any atom is 0.391 e. The molecule has 0 aromatic heterocycles. The highest BCUT2D eigenvalue weighted by Crippen LogP contribution is 2.56. The van der Waals surface area contributed by atoms with E-state index in [-0.39, 0.29) is 21.9 Å². The molecule has 0 fully saturated rings. The second kappa shape index (κ2) is 6.85. The van der Waals surface area contributed by atoms with Crippen LogP contribution in [-0.2, 0) is 9.80 Å². The topological polar surface area (TPSA) is 58.9 Å². The highest BCUT2D eigenvalue weighted by molar-refractivity contribution is 8.15. The number of hydrogen-bond donors (Lipinski definition) is 1. The molecule has 1 unspecified atom stereocenters. The van der Waals surface area contributed by atoms with Crippen molar-refractivity contribution in [2.45, 2.75) is 11.0 Å². The summed E-state index contributed by atoms with van der Waals surface area (Å²) in [6, 6.07) is 6.73. The zero-order valence-electron chi connectivity index (χ0n) is 13.0. The summed E-state index contributed by atoms with van der Waals surface area (Å²) in [4.78, 5) is 13.7. The minimum atomic E-state index is -3.96. The molecule has 3 rings (SSSR count). The van der Waals surface area contributed by atoms with Crippen molar-refractivity contribution in [2.75, 3.05) is 6.61 Å². The van der Waals surface area contributed by atoms with E-state index in [1.807, 2.05) is 0 Å². The molecule has 0 bridgehead atoms. The molecule has 1 heterocycles. The molecule has 0 saturated carbocycles. The van der Waals surface area contributed by atoms with E-state index >= 15 is 4.39 Å². The molecule has 0 aliphatic carbocycles. The van der Waals surface area contributed by atoms with E-state index in [0.29, 0.717) is 16.8 Å². The molecular weight excluding hydrogens is 391 g/mol. The maximum absolute atomic E-state index is 15.1. The van der Waals surface area contributed by atoms with E-state index in [1.165, 1.54) is 48.5 Å². The standard InChI is InChI=1S/C17H11ClF3NO3S/c18-12-5-3-11(4-6-12)16(19)17(20,21)22-15(26-16)10-1-7-13(8-2-10)25-9-14(23)24/h1-8H,9H2,(H,23,24). The van der Waals surface area contributed by atoms with Crippen LogP contribution in [0.25, 0.3) is 0 Å². The van der Waals surface area contributed by atoms with Crippen LogP contribution in [0.15, 0.2) is 53.5 Å². The monoisotopic (exact) mass is 401 g/mol. The van der Waals surface area contributed by atoms with Crippen molar-refractivity contribution in [1.82, 2.24) is 0 Å². The number of nitrogens with zero attached hydrogens (tertiary/aromatic N) is 1. The Labute approximate surface area is 155 Å². The fourth-order valence-electron chi connectivity index (χ4n) is 2.28. The molecule has 4 nitrogen and oxygen atoms in total. The van der Waals surface area contributed by atoms with Gasteiger partial charge in [0, 0.05) is 16.1 Å². The van der Waals surface area contributed by atoms with Gasteiger partial charge in [0.05, 0.1) is 0 Å². The van der Waals surface area contributed by atoms with Crippen LogP contribution in [0.4, 0.5) is 13.2 Å². The number of ether oxygens (including phenoxy) is 1. The Bertz CT molecular complexity index is 859. The Kier molecular flexibility index (Phi) is 4.90. The molecule has 2 aromatic carbocycles. The van der Waals surface area contributed by atoms with Crippen molar-refractivity contribution in [3.63, 3.8) is 0 Å². The largest absolute Gasteiger partial charge is 0.482 e. The summed E-state index contributed by atoms with van der Waals surface area (Å²) >= 11 is 6.04. The normalized spacial score (nSPS) is 21.3. The Morgan fingerprint density at radius 1 is 1.12 bits per heavy atom. The summed E-state index contributed by atoms with van der Waals surface area (Å²) in [5, 5.41) is 5.65. The Balaban J connectivity index is 1.84. The fourth-order valence-corrected chi connectivity index (χ4v) is 3.51. The summed E-state index contributed by atoms with van der Waals surface area (Å²) in [5.41, 5.74) is 0.0305. The van der Waals surface area contributed by atoms with Crippen LogP contribution >= 0.6 is 23.4 Å². The third-order valence-electron chi connectivity index (χ3n) is 3.55. The third-order valence-corrected chi connectivity index (χ3v) is 5.08. The second-order valence-corrected chi connectivity index (χ2v) is 6.96. The van der Waals surface area contributed by atoms with E-state index in [0.717, 1.165) is 0 Å². The van der Waals surface area contributed by atoms with Crippen LogP contribution in [0.1, 0.15) is 11.1 Å². The van der Waals surface area contributed by atoms with Gasteiger partial charge in [0.15, 0.2) is 6.61 Å². The van der Waals surface area contributed by atoms with Gasteiger partial charge in [-0.25, -0.2) is 14.2 Å². The van der Waals surface area contributed by atoms with Crippen LogP contribution in [0.2, 0.25) is 5.02 Å². The zero-order valence-corrected chi connectivity index (χ0v) is 14.5. The summed E-state index contributed by atoms with van der Waals surface area (Å²) in [5.74, 6) is -0.898. The number of benzene rings is 2. The molecule has 1 aliphatic heterocycles. The maximum atomic E-state index is 15.1. The van der Waals surface area contributed by atoms with Crippen LogP contribution < -0.4 is 4.74 Å². The molecule has 1 aliphatic rings. The molecule has 1 atom stereocenters. The molecule has 0 radical (unpaired) electrons. The molecule has 0 spiro atoms. The first-order valence-electron chi connectivity index (χ1n) is 7.28. The second-order valence-electron chi connectivity index (χ2n) is 5.37. The summed E-state index contributed by atoms with van der Waals surface area (Å²) in [7, 11) is 0. The van der Waals surface area contributed by atoms with E-state index in [4.69, 9.17) is 21.4 Å². The lowest BCUT2D eigenvalue weighted by atomic mass is 10.1. The van der Waals surface area contributed by atoms with Gasteiger partial charge >= 0.3 is 12.0 Å². The predicted molar refractivity (Wildman–Crippen MR) is 92.9 cm³/mol. The minimum absolute atomic E-state index is 0.169. The van der Waals surface area contributed by atoms with Gasteiger partial charge in [0.25, 0.3) is 5.00 Å². The van der Waals surface area contributed by atoms with Gasteiger partial charge in [-0.15, -0.1) is 0 Å². The molecule has 136 valence electrons. The molecular formula is C17H11ClF3NO3S. The number of carboxylic acids is 1. The van der Waals surface area contributed by atoms with Gasteiger partial charge in [-0.1, -0.05) is 35.5 Å². The van der Waals surface area contributed by atoms with Crippen molar-refractivity contribution in [1.29, 1.82) is 0 Å². The highest BCUT2D eigenvalue weighted by atomic mass is 35.5. The number of thioether (sulfide) groups is 1. The molecule has 1 N–H and O–H groups in total. The number of aliphatic carboxylic acids is 1. The van der Waals surface area contributed by atoms with Crippen molar-refractivity contribution < 1.29 is 27.8 Å². The first kappa shape index (κ1) is 18.6. The van der Waals surface area contributed by atoms with Crippen LogP contribution in [0.5, 0.6) is 5.75 Å². The molecule has 26 heavy (non-hydrogen) atoms. The Hall–Kier alpha value is -2.19. The lowest BCUT2D eigenvalue weighted by molar-refractivity contribution is -0.139. The number of rotatable bonds is 5. The summed E-state index contributed by atoms with van der Waals surface area (Å²) in [6.07, 6.45) is 0. The van der Waals surface area contributed by atoms with Crippen molar-refractivity contribution in [2.24, 2.45) is 4.99 Å². The number of halogens is 4. The lowest BCUT2D eigenvalue weighted by Gasteiger charge is -2.24. The van der Waals surface area contributed by atoms with Gasteiger partial charge in [0.2, 0.25) is 0 Å². The van der Waals surface area contributed by atoms with Gasteiger partial charge in [-0.3, -0.25) is 0 Å². The predicted octanol–water partition coefficient (Wildman–Crippen LogP) is 4.71. The zero-order chi connectivity index (χ0) is 18.9. The van der Waals surface area contributed by atoms with E-state index in [9.17, 15) is 13.6 Å². The van der Waals surface area contributed by atoms with Crippen molar-refractivity contribution in [3.8, 4) is 5.75 Å². The fraction of sp³-hybridized carbons (Fsp3) is 0.176. The SMILES string of the molecule is O=C(O)COc1ccc(C2=NC(F)(F)C(F)(c3ccc(Cl)cc3)S2)cc1. The first-order chi connectivity index (χ1) is 12.2. The van der Waals surface area contributed by atoms with Crippen LogP contribution in [0.3, 0.4) is 0 Å². The van der Waals surface area contributed by atoms with Crippen LogP contribution in [-0.4, -0.2) is 28.8 Å².